The predicted molar refractivity (Wildman–Crippen MR) is 73.6 cm³/mol. The number of rotatable bonds is 4. The molecule has 2 nitrogen and oxygen atoms in total. The maximum Gasteiger partial charge on any atom is 0.254 e. The summed E-state index contributed by atoms with van der Waals surface area (Å²) in [6.45, 7) is 2.29. The fraction of sp³-hybridized carbons (Fsp3) is 0.500. The van der Waals surface area contributed by atoms with Crippen molar-refractivity contribution in [2.24, 2.45) is 0 Å². The molecule has 0 aromatic heterocycles. The van der Waals surface area contributed by atoms with Crippen LogP contribution in [-0.2, 0) is 0 Å². The smallest absolute Gasteiger partial charge is 0.254 e. The van der Waals surface area contributed by atoms with E-state index in [1.165, 1.54) is 12.5 Å². The Bertz CT molecular complexity index is 452. The molecule has 1 aromatic carbocycles. The molecule has 98 valence electrons. The van der Waals surface area contributed by atoms with Crippen LogP contribution in [0.25, 0.3) is 0 Å². The fourth-order valence-electron chi connectivity index (χ4n) is 2.18. The van der Waals surface area contributed by atoms with Gasteiger partial charge in [-0.25, -0.2) is 4.39 Å². The number of thioether (sulfide) groups is 1. The second-order valence-corrected chi connectivity index (χ2v) is 6.13. The lowest BCUT2D eigenvalue weighted by Gasteiger charge is -2.40. The van der Waals surface area contributed by atoms with Crippen LogP contribution < -0.4 is 5.32 Å². The Morgan fingerprint density at radius 1 is 1.50 bits per heavy atom. The van der Waals surface area contributed by atoms with Crippen LogP contribution in [0.3, 0.4) is 0 Å². The molecule has 1 aliphatic rings. The molecule has 1 saturated carbocycles. The molecule has 0 spiro atoms. The van der Waals surface area contributed by atoms with E-state index in [4.69, 9.17) is 0 Å². The van der Waals surface area contributed by atoms with Crippen molar-refractivity contribution in [3.63, 3.8) is 0 Å². The second-order valence-electron chi connectivity index (χ2n) is 4.86. The molecule has 1 fully saturated rings. The molecule has 1 amide bonds. The Labute approximate surface area is 111 Å². The minimum Gasteiger partial charge on any atom is -0.351 e. The minimum atomic E-state index is -0.415. The SMILES string of the molecule is CSC1(CNC(=O)c2cccc(C)c2F)CCC1. The number of carbonyl (C=O) groups is 1. The summed E-state index contributed by atoms with van der Waals surface area (Å²) in [6.07, 6.45) is 5.55. The number of halogens is 1. The molecule has 0 aliphatic heterocycles. The molecule has 0 radical (unpaired) electrons. The minimum absolute atomic E-state index is 0.144. The molecule has 2 rings (SSSR count). The van der Waals surface area contributed by atoms with Crippen LogP contribution in [0, 0.1) is 12.7 Å². The summed E-state index contributed by atoms with van der Waals surface area (Å²) in [7, 11) is 0. The van der Waals surface area contributed by atoms with Gasteiger partial charge in [0.1, 0.15) is 5.82 Å². The van der Waals surface area contributed by atoms with E-state index in [9.17, 15) is 9.18 Å². The van der Waals surface area contributed by atoms with Gasteiger partial charge in [0.25, 0.3) is 5.91 Å². The monoisotopic (exact) mass is 267 g/mol. The Balaban J connectivity index is 2.02. The van der Waals surface area contributed by atoms with Gasteiger partial charge in [0.15, 0.2) is 0 Å². The summed E-state index contributed by atoms with van der Waals surface area (Å²) in [4.78, 5) is 12.0. The van der Waals surface area contributed by atoms with Gasteiger partial charge >= 0.3 is 0 Å². The van der Waals surface area contributed by atoms with E-state index in [1.807, 2.05) is 0 Å². The van der Waals surface area contributed by atoms with E-state index in [2.05, 4.69) is 11.6 Å². The van der Waals surface area contributed by atoms with E-state index < -0.39 is 5.82 Å². The van der Waals surface area contributed by atoms with Crippen molar-refractivity contribution < 1.29 is 9.18 Å². The van der Waals surface area contributed by atoms with Gasteiger partial charge in [-0.2, -0.15) is 11.8 Å². The van der Waals surface area contributed by atoms with Crippen LogP contribution in [0.1, 0.15) is 35.2 Å². The lowest BCUT2D eigenvalue weighted by molar-refractivity contribution is 0.0939. The molecule has 0 heterocycles. The molecule has 1 aromatic rings. The van der Waals surface area contributed by atoms with Gasteiger partial charge < -0.3 is 5.32 Å². The molecule has 18 heavy (non-hydrogen) atoms. The van der Waals surface area contributed by atoms with Crippen molar-refractivity contribution >= 4 is 17.7 Å². The van der Waals surface area contributed by atoms with Crippen LogP contribution in [-0.4, -0.2) is 23.5 Å². The first-order valence-electron chi connectivity index (χ1n) is 6.16. The average molecular weight is 267 g/mol. The second kappa shape index (κ2) is 5.31. The lowest BCUT2D eigenvalue weighted by Crippen LogP contribution is -2.45. The first-order chi connectivity index (χ1) is 8.58. The first kappa shape index (κ1) is 13.4. The van der Waals surface area contributed by atoms with Crippen LogP contribution in [0.5, 0.6) is 0 Å². The van der Waals surface area contributed by atoms with E-state index in [1.54, 1.807) is 30.8 Å². The largest absolute Gasteiger partial charge is 0.351 e. The number of carbonyl (C=O) groups excluding carboxylic acids is 1. The molecule has 0 atom stereocenters. The third-order valence-electron chi connectivity index (χ3n) is 3.71. The lowest BCUT2D eigenvalue weighted by atomic mass is 9.84. The van der Waals surface area contributed by atoms with Gasteiger partial charge in [-0.3, -0.25) is 4.79 Å². The van der Waals surface area contributed by atoms with Gasteiger partial charge in [0.2, 0.25) is 0 Å². The summed E-state index contributed by atoms with van der Waals surface area (Å²) in [6, 6.07) is 4.91. The molecule has 0 bridgehead atoms. The summed E-state index contributed by atoms with van der Waals surface area (Å²) >= 11 is 1.80. The van der Waals surface area contributed by atoms with E-state index in [0.717, 1.165) is 12.8 Å². The van der Waals surface area contributed by atoms with Crippen LogP contribution in [0.4, 0.5) is 4.39 Å². The highest BCUT2D eigenvalue weighted by Gasteiger charge is 2.36. The zero-order chi connectivity index (χ0) is 13.2. The highest BCUT2D eigenvalue weighted by atomic mass is 32.2. The standard InChI is InChI=1S/C14H18FNOS/c1-10-5-3-6-11(12(10)15)13(17)16-9-14(18-2)7-4-8-14/h3,5-6H,4,7-9H2,1-2H3,(H,16,17). The molecule has 1 N–H and O–H groups in total. The Morgan fingerprint density at radius 2 is 2.22 bits per heavy atom. The van der Waals surface area contributed by atoms with Crippen LogP contribution in [0.15, 0.2) is 18.2 Å². The number of hydrogen-bond donors (Lipinski definition) is 1. The average Bonchev–Trinajstić information content (AvgIpc) is 2.31. The number of aryl methyl sites for hydroxylation is 1. The molecule has 4 heteroatoms. The quantitative estimate of drug-likeness (QED) is 0.908. The topological polar surface area (TPSA) is 29.1 Å². The van der Waals surface area contributed by atoms with Crippen molar-refractivity contribution in [3.8, 4) is 0 Å². The van der Waals surface area contributed by atoms with Crippen LogP contribution in [0.2, 0.25) is 0 Å². The third-order valence-corrected chi connectivity index (χ3v) is 5.12. The van der Waals surface area contributed by atoms with Crippen molar-refractivity contribution in [1.29, 1.82) is 0 Å². The van der Waals surface area contributed by atoms with E-state index >= 15 is 0 Å². The Kier molecular flexibility index (Phi) is 3.95. The molecular formula is C14H18FNOS. The molecule has 0 saturated heterocycles. The summed E-state index contributed by atoms with van der Waals surface area (Å²) in [5.41, 5.74) is 0.649. The molecule has 0 unspecified atom stereocenters. The number of benzene rings is 1. The Morgan fingerprint density at radius 3 is 2.78 bits per heavy atom. The number of nitrogens with one attached hydrogen (secondary N) is 1. The molecule has 1 aliphatic carbocycles. The van der Waals surface area contributed by atoms with Crippen molar-refractivity contribution in [2.75, 3.05) is 12.8 Å². The highest BCUT2D eigenvalue weighted by molar-refractivity contribution is 8.00. The van der Waals surface area contributed by atoms with E-state index in [0.29, 0.717) is 12.1 Å². The summed E-state index contributed by atoms with van der Waals surface area (Å²) in [5, 5.41) is 2.86. The fourth-order valence-corrected chi connectivity index (χ4v) is 3.10. The Hall–Kier alpha value is -1.03. The molecular weight excluding hydrogens is 249 g/mol. The normalized spacial score (nSPS) is 17.1. The zero-order valence-electron chi connectivity index (χ0n) is 10.8. The van der Waals surface area contributed by atoms with E-state index in [-0.39, 0.29) is 16.2 Å². The maximum absolute atomic E-state index is 13.8. The number of amides is 1. The van der Waals surface area contributed by atoms with Gasteiger partial charge in [0.05, 0.1) is 5.56 Å². The number of hydrogen-bond acceptors (Lipinski definition) is 2. The van der Waals surface area contributed by atoms with Crippen molar-refractivity contribution in [1.82, 2.24) is 5.32 Å². The van der Waals surface area contributed by atoms with Gasteiger partial charge in [-0.1, -0.05) is 18.6 Å². The zero-order valence-corrected chi connectivity index (χ0v) is 11.6. The summed E-state index contributed by atoms with van der Waals surface area (Å²) in [5.74, 6) is -0.724. The predicted octanol–water partition coefficient (Wildman–Crippen LogP) is 3.15. The van der Waals surface area contributed by atoms with Gasteiger partial charge in [-0.15, -0.1) is 0 Å². The maximum atomic E-state index is 13.8. The highest BCUT2D eigenvalue weighted by Crippen LogP contribution is 2.42. The van der Waals surface area contributed by atoms with Crippen molar-refractivity contribution in [3.05, 3.63) is 35.1 Å². The first-order valence-corrected chi connectivity index (χ1v) is 7.39. The third kappa shape index (κ3) is 2.53. The van der Waals surface area contributed by atoms with Crippen LogP contribution >= 0.6 is 11.8 Å². The van der Waals surface area contributed by atoms with Gasteiger partial charge in [-0.05, 0) is 37.7 Å². The summed E-state index contributed by atoms with van der Waals surface area (Å²) < 4.78 is 14.0. The van der Waals surface area contributed by atoms with Crippen molar-refractivity contribution in [2.45, 2.75) is 30.9 Å². The van der Waals surface area contributed by atoms with Gasteiger partial charge in [0, 0.05) is 11.3 Å².